The molecule has 0 radical (unpaired) electrons. The second-order valence-electron chi connectivity index (χ2n) is 2.94. The van der Waals surface area contributed by atoms with Crippen LogP contribution < -0.4 is 11.1 Å². The number of nitrogens with two attached hydrogens (primary N) is 1. The van der Waals surface area contributed by atoms with Crippen molar-refractivity contribution in [2.24, 2.45) is 5.73 Å². The molecule has 0 heterocycles. The summed E-state index contributed by atoms with van der Waals surface area (Å²) in [6.07, 6.45) is 0.959. The van der Waals surface area contributed by atoms with E-state index in [1.807, 2.05) is 6.92 Å². The van der Waals surface area contributed by atoms with Gasteiger partial charge in [-0.2, -0.15) is 0 Å². The molecule has 0 rings (SSSR count). The van der Waals surface area contributed by atoms with Gasteiger partial charge in [-0.15, -0.1) is 11.8 Å². The van der Waals surface area contributed by atoms with Crippen LogP contribution >= 0.6 is 11.8 Å². The smallest absolute Gasteiger partial charge is 0.232 e. The van der Waals surface area contributed by atoms with Gasteiger partial charge in [0.15, 0.2) is 0 Å². The molecule has 0 spiro atoms. The summed E-state index contributed by atoms with van der Waals surface area (Å²) in [4.78, 5) is 11.4. The molecule has 0 fully saturated rings. The Morgan fingerprint density at radius 3 is 2.93 bits per heavy atom. The number of rotatable bonds is 8. The highest BCUT2D eigenvalue weighted by molar-refractivity contribution is 8.00. The third kappa shape index (κ3) is 7.17. The predicted molar refractivity (Wildman–Crippen MR) is 60.5 cm³/mol. The first-order chi connectivity index (χ1) is 6.72. The maximum Gasteiger partial charge on any atom is 0.232 e. The van der Waals surface area contributed by atoms with Gasteiger partial charge in [0, 0.05) is 13.7 Å². The molecule has 0 aliphatic rings. The molecule has 0 aromatic heterocycles. The second-order valence-corrected chi connectivity index (χ2v) is 4.39. The summed E-state index contributed by atoms with van der Waals surface area (Å²) in [7, 11) is 1.62. The Morgan fingerprint density at radius 1 is 1.64 bits per heavy atom. The van der Waals surface area contributed by atoms with Gasteiger partial charge in [-0.25, -0.2) is 0 Å². The van der Waals surface area contributed by atoms with Gasteiger partial charge < -0.3 is 15.8 Å². The molecule has 0 aliphatic heterocycles. The lowest BCUT2D eigenvalue weighted by Gasteiger charge is -2.11. The fourth-order valence-electron chi connectivity index (χ4n) is 0.839. The maximum absolute atomic E-state index is 11.4. The first-order valence-electron chi connectivity index (χ1n) is 4.80. The molecule has 3 N–H and O–H groups in total. The van der Waals surface area contributed by atoms with Crippen LogP contribution in [0.1, 0.15) is 13.3 Å². The molecule has 0 saturated carbocycles. The van der Waals surface area contributed by atoms with Crippen molar-refractivity contribution in [3.63, 3.8) is 0 Å². The van der Waals surface area contributed by atoms with Crippen molar-refractivity contribution in [1.82, 2.24) is 5.32 Å². The lowest BCUT2D eigenvalue weighted by Crippen LogP contribution is -2.33. The molecule has 1 atom stereocenters. The Hall–Kier alpha value is -0.260. The molecule has 5 heteroatoms. The van der Waals surface area contributed by atoms with E-state index in [0.717, 1.165) is 12.2 Å². The van der Waals surface area contributed by atoms with E-state index in [0.29, 0.717) is 19.7 Å². The lowest BCUT2D eigenvalue weighted by atomic mass is 10.4. The van der Waals surface area contributed by atoms with Gasteiger partial charge in [0.1, 0.15) is 0 Å². The normalized spacial score (nSPS) is 12.5. The molecular weight excluding hydrogens is 200 g/mol. The van der Waals surface area contributed by atoms with Crippen molar-refractivity contribution in [2.45, 2.75) is 18.6 Å². The topological polar surface area (TPSA) is 64.3 Å². The molecule has 0 saturated heterocycles. The number of amides is 1. The SMILES string of the molecule is COCCNC(=O)C(C)SCCCN. The van der Waals surface area contributed by atoms with Crippen LogP contribution in [0, 0.1) is 0 Å². The summed E-state index contributed by atoms with van der Waals surface area (Å²) in [6.45, 7) is 3.73. The first kappa shape index (κ1) is 13.7. The number of nitrogens with one attached hydrogen (secondary N) is 1. The van der Waals surface area contributed by atoms with Crippen molar-refractivity contribution >= 4 is 17.7 Å². The third-order valence-electron chi connectivity index (χ3n) is 1.69. The zero-order valence-electron chi connectivity index (χ0n) is 8.91. The van der Waals surface area contributed by atoms with Crippen LogP contribution in [0.3, 0.4) is 0 Å². The molecule has 84 valence electrons. The monoisotopic (exact) mass is 220 g/mol. The average Bonchev–Trinajstić information content (AvgIpc) is 2.18. The van der Waals surface area contributed by atoms with Crippen molar-refractivity contribution in [3.8, 4) is 0 Å². The second kappa shape index (κ2) is 9.30. The Balaban J connectivity index is 3.44. The van der Waals surface area contributed by atoms with Crippen LogP contribution in [-0.2, 0) is 9.53 Å². The van der Waals surface area contributed by atoms with Crippen LogP contribution in [0.2, 0.25) is 0 Å². The van der Waals surface area contributed by atoms with Gasteiger partial charge in [-0.1, -0.05) is 0 Å². The summed E-state index contributed by atoms with van der Waals surface area (Å²) in [5.74, 6) is 1.01. The Kier molecular flexibility index (Phi) is 9.13. The molecule has 1 unspecified atom stereocenters. The zero-order chi connectivity index (χ0) is 10.8. The fourth-order valence-corrected chi connectivity index (χ4v) is 1.76. The summed E-state index contributed by atoms with van der Waals surface area (Å²) >= 11 is 1.63. The maximum atomic E-state index is 11.4. The van der Waals surface area contributed by atoms with Crippen LogP contribution in [-0.4, -0.2) is 43.7 Å². The molecule has 0 aromatic carbocycles. The molecule has 0 aliphatic carbocycles. The molecule has 4 nitrogen and oxygen atoms in total. The third-order valence-corrected chi connectivity index (χ3v) is 2.93. The van der Waals surface area contributed by atoms with Crippen molar-refractivity contribution in [1.29, 1.82) is 0 Å². The van der Waals surface area contributed by atoms with Crippen LogP contribution in [0.15, 0.2) is 0 Å². The number of carbonyl (C=O) groups excluding carboxylic acids is 1. The molecule has 1 amide bonds. The minimum Gasteiger partial charge on any atom is -0.383 e. The van der Waals surface area contributed by atoms with Crippen molar-refractivity contribution in [2.75, 3.05) is 32.6 Å². The van der Waals surface area contributed by atoms with Crippen LogP contribution in [0.5, 0.6) is 0 Å². The average molecular weight is 220 g/mol. The number of thioether (sulfide) groups is 1. The Morgan fingerprint density at radius 2 is 2.36 bits per heavy atom. The number of hydrogen-bond acceptors (Lipinski definition) is 4. The van der Waals surface area contributed by atoms with E-state index in [4.69, 9.17) is 10.5 Å². The van der Waals surface area contributed by atoms with E-state index in [-0.39, 0.29) is 11.2 Å². The van der Waals surface area contributed by atoms with E-state index in [2.05, 4.69) is 5.32 Å². The van der Waals surface area contributed by atoms with Gasteiger partial charge in [0.2, 0.25) is 5.91 Å². The Bertz CT molecular complexity index is 156. The van der Waals surface area contributed by atoms with Gasteiger partial charge >= 0.3 is 0 Å². The van der Waals surface area contributed by atoms with Gasteiger partial charge in [0.05, 0.1) is 11.9 Å². The number of methoxy groups -OCH3 is 1. The van der Waals surface area contributed by atoms with E-state index in [1.165, 1.54) is 0 Å². The van der Waals surface area contributed by atoms with Gasteiger partial charge in [-0.05, 0) is 25.6 Å². The van der Waals surface area contributed by atoms with E-state index in [1.54, 1.807) is 18.9 Å². The van der Waals surface area contributed by atoms with Gasteiger partial charge in [-0.3, -0.25) is 4.79 Å². The quantitative estimate of drug-likeness (QED) is 0.574. The molecule has 14 heavy (non-hydrogen) atoms. The highest BCUT2D eigenvalue weighted by Crippen LogP contribution is 2.10. The lowest BCUT2D eigenvalue weighted by molar-refractivity contribution is -0.120. The van der Waals surface area contributed by atoms with Crippen molar-refractivity contribution < 1.29 is 9.53 Å². The fraction of sp³-hybridized carbons (Fsp3) is 0.889. The molecule has 0 aromatic rings. The zero-order valence-corrected chi connectivity index (χ0v) is 9.73. The minimum atomic E-state index is -0.00148. The number of carbonyl (C=O) groups is 1. The predicted octanol–water partition coefficient (Wildman–Crippen LogP) is 0.220. The summed E-state index contributed by atoms with van der Waals surface area (Å²) in [6, 6.07) is 0. The van der Waals surface area contributed by atoms with E-state index < -0.39 is 0 Å². The minimum absolute atomic E-state index is 0.00148. The van der Waals surface area contributed by atoms with E-state index >= 15 is 0 Å². The highest BCUT2D eigenvalue weighted by atomic mass is 32.2. The first-order valence-corrected chi connectivity index (χ1v) is 5.85. The highest BCUT2D eigenvalue weighted by Gasteiger charge is 2.11. The summed E-state index contributed by atoms with van der Waals surface area (Å²) in [5, 5.41) is 2.79. The molecular formula is C9H20N2O2S. The number of hydrogen-bond donors (Lipinski definition) is 2. The van der Waals surface area contributed by atoms with E-state index in [9.17, 15) is 4.79 Å². The standard InChI is InChI=1S/C9H20N2O2S/c1-8(14-7-3-4-10)9(12)11-5-6-13-2/h8H,3-7,10H2,1-2H3,(H,11,12). The number of ether oxygens (including phenoxy) is 1. The van der Waals surface area contributed by atoms with Gasteiger partial charge in [0.25, 0.3) is 0 Å². The summed E-state index contributed by atoms with van der Waals surface area (Å²) < 4.78 is 4.83. The van der Waals surface area contributed by atoms with Crippen LogP contribution in [0.25, 0.3) is 0 Å². The Labute approximate surface area is 89.9 Å². The van der Waals surface area contributed by atoms with Crippen LogP contribution in [0.4, 0.5) is 0 Å². The molecule has 0 bridgehead atoms. The largest absolute Gasteiger partial charge is 0.383 e. The van der Waals surface area contributed by atoms with Crippen molar-refractivity contribution in [3.05, 3.63) is 0 Å². The summed E-state index contributed by atoms with van der Waals surface area (Å²) in [5.41, 5.74) is 5.36.